The molecule has 0 aliphatic carbocycles. The molecule has 0 bridgehead atoms. The zero-order valence-electron chi connectivity index (χ0n) is 9.57. The number of nitrogens with zero attached hydrogens (tertiary/aromatic N) is 2. The Morgan fingerprint density at radius 1 is 1.24 bits per heavy atom. The number of carbonyl (C=O) groups excluding carboxylic acids is 1. The average Bonchev–Trinajstić information content (AvgIpc) is 2.35. The number of carbonyl (C=O) groups is 1. The molecule has 0 spiro atoms. The summed E-state index contributed by atoms with van der Waals surface area (Å²) in [6, 6.07) is 5.59. The number of rotatable bonds is 2. The fourth-order valence-corrected chi connectivity index (χ4v) is 1.88. The van der Waals surface area contributed by atoms with E-state index in [1.807, 2.05) is 26.0 Å². The normalized spacial score (nSPS) is 10.3. The van der Waals surface area contributed by atoms with E-state index >= 15 is 0 Å². The first-order valence-corrected chi connectivity index (χ1v) is 5.96. The van der Waals surface area contributed by atoms with Gasteiger partial charge in [0.2, 0.25) is 0 Å². The molecule has 0 aliphatic rings. The number of hydrogen-bond donors (Lipinski definition) is 0. The highest BCUT2D eigenvalue weighted by Crippen LogP contribution is 2.26. The molecule has 2 rings (SSSR count). The lowest BCUT2D eigenvalue weighted by atomic mass is 10.1. The molecule has 0 atom stereocenters. The number of benzene rings is 1. The summed E-state index contributed by atoms with van der Waals surface area (Å²) in [5.74, 6) is 0.577. The van der Waals surface area contributed by atoms with E-state index in [0.29, 0.717) is 11.5 Å². The van der Waals surface area contributed by atoms with Crippen molar-refractivity contribution in [2.24, 2.45) is 0 Å². The fourth-order valence-electron chi connectivity index (χ4n) is 1.65. The van der Waals surface area contributed by atoms with E-state index in [1.165, 1.54) is 0 Å². The van der Waals surface area contributed by atoms with Crippen molar-refractivity contribution in [3.8, 4) is 11.4 Å². The molecule has 0 amide bonds. The maximum Gasteiger partial charge on any atom is 0.168 e. The highest BCUT2D eigenvalue weighted by Gasteiger charge is 2.07. The summed E-state index contributed by atoms with van der Waals surface area (Å²) in [6.45, 7) is 4.04. The second-order valence-electron chi connectivity index (χ2n) is 3.85. The summed E-state index contributed by atoms with van der Waals surface area (Å²) in [4.78, 5) is 19.0. The van der Waals surface area contributed by atoms with E-state index in [0.717, 1.165) is 27.4 Å². The monoisotopic (exact) mass is 290 g/mol. The van der Waals surface area contributed by atoms with Gasteiger partial charge in [0.1, 0.15) is 5.69 Å². The number of aromatic nitrogens is 2. The molecule has 0 N–H and O–H groups in total. The lowest BCUT2D eigenvalue weighted by Gasteiger charge is -2.07. The zero-order chi connectivity index (χ0) is 12.4. The molecule has 4 heteroatoms. The molecule has 0 aliphatic heterocycles. The molecule has 1 heterocycles. The third-order valence-corrected chi connectivity index (χ3v) is 3.74. The summed E-state index contributed by atoms with van der Waals surface area (Å²) < 4.78 is 1.09. The van der Waals surface area contributed by atoms with Gasteiger partial charge >= 0.3 is 0 Å². The predicted molar refractivity (Wildman–Crippen MR) is 70.0 cm³/mol. The standard InChI is InChI=1S/C13H11BrN2O/c1-8-5-10(6-9(2)12(8)14)13-15-4-3-11(7-17)16-13/h3-7H,1-2H3. The summed E-state index contributed by atoms with van der Waals surface area (Å²) in [5, 5.41) is 0. The van der Waals surface area contributed by atoms with Crippen molar-refractivity contribution < 1.29 is 4.79 Å². The Hall–Kier alpha value is -1.55. The maximum absolute atomic E-state index is 10.7. The molecule has 0 saturated carbocycles. The summed E-state index contributed by atoms with van der Waals surface area (Å²) >= 11 is 3.52. The molecule has 1 aromatic heterocycles. The minimum absolute atomic E-state index is 0.397. The van der Waals surface area contributed by atoms with Gasteiger partial charge in [0.15, 0.2) is 12.1 Å². The zero-order valence-corrected chi connectivity index (χ0v) is 11.2. The summed E-state index contributed by atoms with van der Waals surface area (Å²) in [5.41, 5.74) is 3.57. The maximum atomic E-state index is 10.7. The van der Waals surface area contributed by atoms with Crippen LogP contribution in [0.2, 0.25) is 0 Å². The van der Waals surface area contributed by atoms with Gasteiger partial charge in [-0.1, -0.05) is 15.9 Å². The smallest absolute Gasteiger partial charge is 0.168 e. The van der Waals surface area contributed by atoms with Gasteiger partial charge in [0, 0.05) is 16.2 Å². The molecule has 1 aromatic carbocycles. The Labute approximate surface area is 108 Å². The van der Waals surface area contributed by atoms with Crippen molar-refractivity contribution in [2.45, 2.75) is 13.8 Å². The van der Waals surface area contributed by atoms with Crippen LogP contribution in [-0.4, -0.2) is 16.3 Å². The van der Waals surface area contributed by atoms with Crippen LogP contribution in [0.1, 0.15) is 21.6 Å². The summed E-state index contributed by atoms with van der Waals surface area (Å²) in [7, 11) is 0. The number of aryl methyl sites for hydroxylation is 2. The van der Waals surface area contributed by atoms with Gasteiger partial charge in [-0.15, -0.1) is 0 Å². The van der Waals surface area contributed by atoms with Crippen molar-refractivity contribution in [1.82, 2.24) is 9.97 Å². The third kappa shape index (κ3) is 2.42. The van der Waals surface area contributed by atoms with Crippen LogP contribution in [-0.2, 0) is 0 Å². The number of aldehydes is 1. The van der Waals surface area contributed by atoms with Gasteiger partial charge in [0.05, 0.1) is 0 Å². The van der Waals surface area contributed by atoms with Crippen LogP contribution < -0.4 is 0 Å². The molecule has 0 saturated heterocycles. The third-order valence-electron chi connectivity index (χ3n) is 2.49. The Balaban J connectivity index is 2.56. The Morgan fingerprint density at radius 3 is 2.47 bits per heavy atom. The van der Waals surface area contributed by atoms with Crippen LogP contribution in [0, 0.1) is 13.8 Å². The largest absolute Gasteiger partial charge is 0.296 e. The molecule has 0 radical (unpaired) electrons. The minimum Gasteiger partial charge on any atom is -0.296 e. The highest BCUT2D eigenvalue weighted by atomic mass is 79.9. The molecule has 17 heavy (non-hydrogen) atoms. The summed E-state index contributed by atoms with van der Waals surface area (Å²) in [6.07, 6.45) is 2.32. The van der Waals surface area contributed by atoms with Gasteiger partial charge < -0.3 is 0 Å². The lowest BCUT2D eigenvalue weighted by Crippen LogP contribution is -1.94. The van der Waals surface area contributed by atoms with Gasteiger partial charge in [-0.25, -0.2) is 9.97 Å². The van der Waals surface area contributed by atoms with Crippen molar-refractivity contribution in [2.75, 3.05) is 0 Å². The first-order valence-electron chi connectivity index (χ1n) is 5.17. The van der Waals surface area contributed by atoms with E-state index in [1.54, 1.807) is 12.3 Å². The van der Waals surface area contributed by atoms with Crippen molar-refractivity contribution in [3.05, 3.63) is 45.7 Å². The van der Waals surface area contributed by atoms with E-state index < -0.39 is 0 Å². The fraction of sp³-hybridized carbons (Fsp3) is 0.154. The van der Waals surface area contributed by atoms with Gasteiger partial charge in [-0.3, -0.25) is 4.79 Å². The Bertz CT molecular complexity index is 558. The van der Waals surface area contributed by atoms with Crippen LogP contribution in [0.3, 0.4) is 0 Å². The second kappa shape index (κ2) is 4.75. The molecule has 3 nitrogen and oxygen atoms in total. The van der Waals surface area contributed by atoms with Gasteiger partial charge in [-0.2, -0.15) is 0 Å². The van der Waals surface area contributed by atoms with Gasteiger partial charge in [-0.05, 0) is 43.2 Å². The molecule has 0 unspecified atom stereocenters. The minimum atomic E-state index is 0.397. The van der Waals surface area contributed by atoms with Crippen molar-refractivity contribution in [1.29, 1.82) is 0 Å². The van der Waals surface area contributed by atoms with E-state index in [4.69, 9.17) is 0 Å². The first-order chi connectivity index (χ1) is 8.11. The highest BCUT2D eigenvalue weighted by molar-refractivity contribution is 9.10. The molecular formula is C13H11BrN2O. The number of hydrogen-bond acceptors (Lipinski definition) is 3. The molecular weight excluding hydrogens is 280 g/mol. The van der Waals surface area contributed by atoms with E-state index in [9.17, 15) is 4.79 Å². The topological polar surface area (TPSA) is 42.9 Å². The molecule has 86 valence electrons. The van der Waals surface area contributed by atoms with Gasteiger partial charge in [0.25, 0.3) is 0 Å². The molecule has 2 aromatic rings. The first kappa shape index (κ1) is 11.9. The quantitative estimate of drug-likeness (QED) is 0.797. The van der Waals surface area contributed by atoms with Crippen molar-refractivity contribution >= 4 is 22.2 Å². The average molecular weight is 291 g/mol. The van der Waals surface area contributed by atoms with E-state index in [2.05, 4.69) is 25.9 Å². The SMILES string of the molecule is Cc1cc(-c2nccc(C=O)n2)cc(C)c1Br. The predicted octanol–water partition coefficient (Wildman–Crippen LogP) is 3.34. The van der Waals surface area contributed by atoms with Crippen LogP contribution in [0.5, 0.6) is 0 Å². The molecule has 0 fully saturated rings. The van der Waals surface area contributed by atoms with Crippen LogP contribution >= 0.6 is 15.9 Å². The second-order valence-corrected chi connectivity index (χ2v) is 4.64. The number of halogens is 1. The van der Waals surface area contributed by atoms with Crippen LogP contribution in [0.15, 0.2) is 28.9 Å². The van der Waals surface area contributed by atoms with Crippen LogP contribution in [0.25, 0.3) is 11.4 Å². The Morgan fingerprint density at radius 2 is 1.88 bits per heavy atom. The van der Waals surface area contributed by atoms with E-state index in [-0.39, 0.29) is 0 Å². The lowest BCUT2D eigenvalue weighted by molar-refractivity contribution is 0.111. The Kier molecular flexibility index (Phi) is 3.33. The van der Waals surface area contributed by atoms with Crippen molar-refractivity contribution in [3.63, 3.8) is 0 Å². The van der Waals surface area contributed by atoms with Crippen LogP contribution in [0.4, 0.5) is 0 Å².